The van der Waals surface area contributed by atoms with Gasteiger partial charge in [-0.2, -0.15) is 0 Å². The van der Waals surface area contributed by atoms with Gasteiger partial charge in [-0.05, 0) is 40.5 Å². The van der Waals surface area contributed by atoms with Gasteiger partial charge in [0.1, 0.15) is 0 Å². The Balaban J connectivity index is 3.04. The number of ether oxygens (including phenoxy) is 1. The van der Waals surface area contributed by atoms with Crippen LogP contribution in [0.5, 0.6) is 0 Å². The van der Waals surface area contributed by atoms with Crippen LogP contribution in [0.3, 0.4) is 0 Å². The van der Waals surface area contributed by atoms with Crippen LogP contribution in [-0.2, 0) is 21.4 Å². The first-order valence-electron chi connectivity index (χ1n) is 5.31. The molecule has 102 valence electrons. The predicted molar refractivity (Wildman–Crippen MR) is 71.7 cm³/mol. The van der Waals surface area contributed by atoms with Crippen LogP contribution in [-0.4, -0.2) is 33.3 Å². The number of nitrogens with one attached hydrogen (secondary N) is 1. The number of methoxy groups -OCH3 is 1. The first-order chi connectivity index (χ1) is 8.40. The summed E-state index contributed by atoms with van der Waals surface area (Å²) in [5.41, 5.74) is 0.540. The Kier molecular flexibility index (Phi) is 5.74. The highest BCUT2D eigenvalue weighted by atomic mass is 79.9. The number of hydrogen-bond acceptors (Lipinski definition) is 4. The molecule has 2 N–H and O–H groups in total. The van der Waals surface area contributed by atoms with E-state index in [1.54, 1.807) is 19.1 Å². The Labute approximate surface area is 115 Å². The minimum atomic E-state index is -3.63. The lowest BCUT2D eigenvalue weighted by Gasteiger charge is -2.14. The third-order valence-corrected chi connectivity index (χ3v) is 4.82. The fourth-order valence-electron chi connectivity index (χ4n) is 1.46. The van der Waals surface area contributed by atoms with Crippen LogP contribution in [0, 0.1) is 0 Å². The average Bonchev–Trinajstić information content (AvgIpc) is 2.29. The van der Waals surface area contributed by atoms with E-state index in [-0.39, 0.29) is 24.2 Å². The van der Waals surface area contributed by atoms with Crippen LogP contribution in [0.4, 0.5) is 0 Å². The zero-order chi connectivity index (χ0) is 13.8. The van der Waals surface area contributed by atoms with Crippen molar-refractivity contribution in [2.45, 2.75) is 24.5 Å². The maximum absolute atomic E-state index is 12.1. The average molecular weight is 338 g/mol. The summed E-state index contributed by atoms with van der Waals surface area (Å²) < 4.78 is 32.1. The van der Waals surface area contributed by atoms with Crippen molar-refractivity contribution in [3.8, 4) is 0 Å². The molecule has 0 aliphatic carbocycles. The molecule has 0 aliphatic rings. The first kappa shape index (κ1) is 15.6. The largest absolute Gasteiger partial charge is 0.392 e. The lowest BCUT2D eigenvalue weighted by molar-refractivity contribution is 0.180. The molecule has 0 radical (unpaired) electrons. The third kappa shape index (κ3) is 4.03. The summed E-state index contributed by atoms with van der Waals surface area (Å²) in [4.78, 5) is 0.108. The molecule has 0 heterocycles. The van der Waals surface area contributed by atoms with Crippen molar-refractivity contribution >= 4 is 26.0 Å². The van der Waals surface area contributed by atoms with Crippen LogP contribution >= 0.6 is 15.9 Å². The fraction of sp³-hybridized carbons (Fsp3) is 0.455. The molecule has 1 rings (SSSR count). The van der Waals surface area contributed by atoms with Crippen molar-refractivity contribution in [2.24, 2.45) is 0 Å². The molecular formula is C11H16BrNO4S. The maximum Gasteiger partial charge on any atom is 0.242 e. The lowest BCUT2D eigenvalue weighted by atomic mass is 10.2. The molecular weight excluding hydrogens is 322 g/mol. The number of rotatable bonds is 6. The molecule has 1 unspecified atom stereocenters. The van der Waals surface area contributed by atoms with Gasteiger partial charge in [-0.1, -0.05) is 6.07 Å². The highest BCUT2D eigenvalue weighted by Gasteiger charge is 2.20. The molecule has 0 spiro atoms. The van der Waals surface area contributed by atoms with Gasteiger partial charge in [-0.3, -0.25) is 0 Å². The molecule has 0 saturated carbocycles. The summed E-state index contributed by atoms with van der Waals surface area (Å²) in [6.45, 7) is 1.80. The summed E-state index contributed by atoms with van der Waals surface area (Å²) in [7, 11) is -2.13. The van der Waals surface area contributed by atoms with Crippen molar-refractivity contribution < 1.29 is 18.3 Å². The normalized spacial score (nSPS) is 13.6. The fourth-order valence-corrected chi connectivity index (χ4v) is 3.71. The number of aliphatic hydroxyl groups excluding tert-OH is 1. The quantitative estimate of drug-likeness (QED) is 0.819. The molecule has 0 saturated heterocycles. The molecule has 0 aliphatic heterocycles. The molecule has 0 bridgehead atoms. The topological polar surface area (TPSA) is 75.6 Å². The van der Waals surface area contributed by atoms with Gasteiger partial charge in [0.2, 0.25) is 10.0 Å². The Morgan fingerprint density at radius 3 is 2.72 bits per heavy atom. The zero-order valence-corrected chi connectivity index (χ0v) is 12.6. The monoisotopic (exact) mass is 337 g/mol. The summed E-state index contributed by atoms with van der Waals surface area (Å²) in [5, 5.41) is 9.03. The predicted octanol–water partition coefficient (Wildman–Crippen LogP) is 1.25. The van der Waals surface area contributed by atoms with Gasteiger partial charge in [-0.25, -0.2) is 13.1 Å². The van der Waals surface area contributed by atoms with Crippen molar-refractivity contribution in [3.05, 3.63) is 28.2 Å². The molecule has 0 amide bonds. The van der Waals surface area contributed by atoms with E-state index in [0.717, 1.165) is 0 Å². The van der Waals surface area contributed by atoms with E-state index in [0.29, 0.717) is 10.0 Å². The summed E-state index contributed by atoms with van der Waals surface area (Å²) >= 11 is 3.19. The number of sulfonamides is 1. The Bertz CT molecular complexity index is 504. The highest BCUT2D eigenvalue weighted by Crippen LogP contribution is 2.23. The number of aliphatic hydroxyl groups is 1. The van der Waals surface area contributed by atoms with E-state index in [1.165, 1.54) is 13.2 Å². The van der Waals surface area contributed by atoms with E-state index < -0.39 is 10.0 Å². The summed E-state index contributed by atoms with van der Waals surface area (Å²) in [6.07, 6.45) is 0. The second-order valence-electron chi connectivity index (χ2n) is 3.90. The molecule has 7 heteroatoms. The number of halogens is 1. The van der Waals surface area contributed by atoms with Crippen LogP contribution in [0.2, 0.25) is 0 Å². The van der Waals surface area contributed by atoms with Crippen LogP contribution in [0.15, 0.2) is 27.6 Å². The molecule has 1 aromatic rings. The van der Waals surface area contributed by atoms with Crippen molar-refractivity contribution in [2.75, 3.05) is 13.7 Å². The van der Waals surface area contributed by atoms with E-state index in [1.807, 2.05) is 0 Å². The van der Waals surface area contributed by atoms with Gasteiger partial charge >= 0.3 is 0 Å². The van der Waals surface area contributed by atoms with E-state index in [9.17, 15) is 8.42 Å². The molecule has 0 fully saturated rings. The van der Waals surface area contributed by atoms with Crippen LogP contribution in [0.25, 0.3) is 0 Å². The molecule has 5 nitrogen and oxygen atoms in total. The smallest absolute Gasteiger partial charge is 0.242 e. The first-order valence-corrected chi connectivity index (χ1v) is 7.59. The van der Waals surface area contributed by atoms with Gasteiger partial charge in [0.25, 0.3) is 0 Å². The van der Waals surface area contributed by atoms with Crippen LogP contribution in [0.1, 0.15) is 12.5 Å². The molecule has 1 atom stereocenters. The molecule has 1 aromatic carbocycles. The van der Waals surface area contributed by atoms with Gasteiger partial charge in [0.05, 0.1) is 18.1 Å². The van der Waals surface area contributed by atoms with Crippen molar-refractivity contribution in [3.63, 3.8) is 0 Å². The van der Waals surface area contributed by atoms with Gasteiger partial charge < -0.3 is 9.84 Å². The molecule has 0 aromatic heterocycles. The van der Waals surface area contributed by atoms with Gasteiger partial charge in [0, 0.05) is 17.6 Å². The van der Waals surface area contributed by atoms with E-state index in [2.05, 4.69) is 20.7 Å². The minimum absolute atomic E-state index is 0.108. The standard InChI is InChI=1S/C11H16BrNO4S/c1-8(7-17-2)13-18(15,16)11-5-9(6-14)3-4-10(11)12/h3-5,8,13-14H,6-7H2,1-2H3. The number of benzene rings is 1. The Hall–Kier alpha value is -0.470. The van der Waals surface area contributed by atoms with Crippen molar-refractivity contribution in [1.82, 2.24) is 4.72 Å². The second-order valence-corrected chi connectivity index (χ2v) is 6.44. The van der Waals surface area contributed by atoms with Gasteiger partial charge in [0.15, 0.2) is 0 Å². The molecule has 18 heavy (non-hydrogen) atoms. The minimum Gasteiger partial charge on any atom is -0.392 e. The Morgan fingerprint density at radius 2 is 2.17 bits per heavy atom. The lowest BCUT2D eigenvalue weighted by Crippen LogP contribution is -2.35. The maximum atomic E-state index is 12.1. The SMILES string of the molecule is COCC(C)NS(=O)(=O)c1cc(CO)ccc1Br. The zero-order valence-electron chi connectivity index (χ0n) is 10.2. The second kappa shape index (κ2) is 6.63. The summed E-state index contributed by atoms with van der Waals surface area (Å²) in [6, 6.07) is 4.36. The van der Waals surface area contributed by atoms with Gasteiger partial charge in [-0.15, -0.1) is 0 Å². The van der Waals surface area contributed by atoms with E-state index >= 15 is 0 Å². The van der Waals surface area contributed by atoms with Crippen LogP contribution < -0.4 is 4.72 Å². The number of hydrogen-bond donors (Lipinski definition) is 2. The highest BCUT2D eigenvalue weighted by molar-refractivity contribution is 9.10. The summed E-state index contributed by atoms with van der Waals surface area (Å²) in [5.74, 6) is 0. The van der Waals surface area contributed by atoms with Crippen molar-refractivity contribution in [1.29, 1.82) is 0 Å². The van der Waals surface area contributed by atoms with E-state index in [4.69, 9.17) is 9.84 Å². The Morgan fingerprint density at radius 1 is 1.50 bits per heavy atom. The third-order valence-electron chi connectivity index (χ3n) is 2.24.